The van der Waals surface area contributed by atoms with Crippen molar-refractivity contribution in [3.63, 3.8) is 0 Å². The molecule has 0 bridgehead atoms. The van der Waals surface area contributed by atoms with Crippen molar-refractivity contribution in [1.82, 2.24) is 0 Å². The van der Waals surface area contributed by atoms with E-state index in [9.17, 15) is 38.4 Å². The molecule has 11 aromatic rings. The smallest absolute Gasteiger partial charge is 0.339 e. The summed E-state index contributed by atoms with van der Waals surface area (Å²) in [5.41, 5.74) is 32.0. The number of fused-ring (bicyclic) bond motifs is 8. The van der Waals surface area contributed by atoms with Crippen molar-refractivity contribution in [2.75, 3.05) is 0 Å². The van der Waals surface area contributed by atoms with Gasteiger partial charge in [-0.25, -0.2) is 28.8 Å². The third kappa shape index (κ3) is 25.7. The van der Waals surface area contributed by atoms with E-state index in [1.807, 2.05) is 48.5 Å². The van der Waals surface area contributed by atoms with Crippen molar-refractivity contribution in [2.24, 2.45) is 0 Å². The van der Waals surface area contributed by atoms with Gasteiger partial charge in [-0.2, -0.15) is 0 Å². The summed E-state index contributed by atoms with van der Waals surface area (Å²) in [4.78, 5) is 99.9. The summed E-state index contributed by atoms with van der Waals surface area (Å²) in [5, 5.41) is 0. The van der Waals surface area contributed by atoms with Crippen LogP contribution in [-0.4, -0.2) is 47.8 Å². The van der Waals surface area contributed by atoms with Gasteiger partial charge in [0.05, 0.1) is 33.4 Å². The van der Waals surface area contributed by atoms with Crippen molar-refractivity contribution in [2.45, 2.75) is 265 Å². The lowest BCUT2D eigenvalue weighted by molar-refractivity contribution is -0.156. The van der Waals surface area contributed by atoms with Crippen molar-refractivity contribution < 1.29 is 76.3 Å². The summed E-state index contributed by atoms with van der Waals surface area (Å²) >= 11 is 0. The van der Waals surface area contributed by atoms with Crippen LogP contribution >= 0.6 is 0 Å². The summed E-state index contributed by atoms with van der Waals surface area (Å²) < 4.78 is 43.8. The van der Waals surface area contributed by atoms with Crippen LogP contribution in [0.2, 0.25) is 0 Å². The number of carbonyl (C=O) groups excluding carboxylic acids is 8. The molecule has 19 rings (SSSR count). The van der Waals surface area contributed by atoms with Gasteiger partial charge in [0, 0.05) is 0 Å². The average molecular weight is 1760 g/mol. The fourth-order valence-electron chi connectivity index (χ4n) is 19.3. The predicted molar refractivity (Wildman–Crippen MR) is 503 cm³/mol. The second-order valence-corrected chi connectivity index (χ2v) is 36.1. The van der Waals surface area contributed by atoms with E-state index in [-0.39, 0.29) is 70.4 Å². The average Bonchev–Trinajstić information content (AvgIpc) is 0.789. The normalized spacial score (nSPS) is 14.7. The Hall–Kier alpha value is -12.8. The van der Waals surface area contributed by atoms with Crippen LogP contribution < -0.4 is 0 Å². The Morgan fingerprint density at radius 3 is 0.565 bits per heavy atom. The predicted octanol–water partition coefficient (Wildman–Crippen LogP) is 23.1. The van der Waals surface area contributed by atoms with E-state index in [0.29, 0.717) is 22.3 Å². The van der Waals surface area contributed by atoms with E-state index >= 15 is 0 Å². The first-order valence-electron chi connectivity index (χ1n) is 47.6. The summed E-state index contributed by atoms with van der Waals surface area (Å²) in [6.07, 6.45) is 37.1. The van der Waals surface area contributed by atoms with E-state index in [2.05, 4.69) is 97.1 Å². The van der Waals surface area contributed by atoms with Gasteiger partial charge in [-0.15, -0.1) is 0 Å². The minimum atomic E-state index is -0.543. The molecule has 0 unspecified atom stereocenters. The fraction of sp³-hybridized carbons (Fsp3) is 0.357. The van der Waals surface area contributed by atoms with Gasteiger partial charge in [-0.05, 0) is 394 Å². The minimum absolute atomic E-state index is 0.185. The highest BCUT2D eigenvalue weighted by Crippen LogP contribution is 2.32. The quantitative estimate of drug-likeness (QED) is 0.0313. The van der Waals surface area contributed by atoms with Gasteiger partial charge in [-0.3, -0.25) is 9.59 Å². The van der Waals surface area contributed by atoms with Crippen molar-refractivity contribution in [3.8, 4) is 0 Å². The maximum atomic E-state index is 12.8. The molecule has 0 saturated heterocycles. The maximum absolute atomic E-state index is 12.8. The lowest BCUT2D eigenvalue weighted by Gasteiger charge is -2.17. The molecule has 8 aliphatic carbocycles. The molecule has 0 atom stereocenters. The SMILES string of the molecule is O=C(CC(=O)OCc1ccc2c(c1)CCCC2)OCc1ccc2c(c1)CCCC2.O=C(OCc1ccc2c(c1)CCCC2)c1ccc(C(=O)OCc2ccc3c(c2)CCCC3)cc1.O=C(OCc1ccc2c(c1)CCCC2)c1cccc(C(=O)OCc2ccc3c(c2)CCCC3)c1.O=C(OCc1ccc2c(c1)CCCC2)c1ccccc1C(=O)OCc1ccc2c(c1)CCCC2. The first kappa shape index (κ1) is 91.5. The fourth-order valence-corrected chi connectivity index (χ4v) is 19.3. The van der Waals surface area contributed by atoms with E-state index < -0.39 is 47.8 Å². The molecule has 8 aliphatic rings. The second kappa shape index (κ2) is 45.6. The van der Waals surface area contributed by atoms with E-state index in [0.717, 1.165) is 147 Å². The number of ether oxygens (including phenoxy) is 8. The molecule has 0 amide bonds. The highest BCUT2D eigenvalue weighted by molar-refractivity contribution is 6.03. The van der Waals surface area contributed by atoms with Crippen molar-refractivity contribution in [3.05, 3.63) is 385 Å². The monoisotopic (exact) mass is 1750 g/mol. The summed E-state index contributed by atoms with van der Waals surface area (Å²) in [6.45, 7) is 1.70. The third-order valence-corrected chi connectivity index (χ3v) is 26.7. The van der Waals surface area contributed by atoms with E-state index in [1.54, 1.807) is 72.8 Å². The van der Waals surface area contributed by atoms with Crippen LogP contribution in [0.25, 0.3) is 0 Å². The summed E-state index contributed by atoms with van der Waals surface area (Å²) in [7, 11) is 0. The second-order valence-electron chi connectivity index (χ2n) is 36.1. The molecule has 131 heavy (non-hydrogen) atoms. The zero-order valence-electron chi connectivity index (χ0n) is 75.3. The molecular weight excluding hydrogens is 1640 g/mol. The van der Waals surface area contributed by atoms with Gasteiger partial charge in [0.25, 0.3) is 0 Å². The summed E-state index contributed by atoms with van der Waals surface area (Å²) in [6, 6.07) is 70.2. The van der Waals surface area contributed by atoms with Gasteiger partial charge >= 0.3 is 47.8 Å². The Balaban J connectivity index is 0.000000128. The topological polar surface area (TPSA) is 210 Å². The largest absolute Gasteiger partial charge is 0.460 e. The number of aryl methyl sites for hydroxylation is 16. The van der Waals surface area contributed by atoms with Crippen LogP contribution in [-0.2, 0) is 203 Å². The Labute approximate surface area is 769 Å². The van der Waals surface area contributed by atoms with Gasteiger partial charge < -0.3 is 37.9 Å². The van der Waals surface area contributed by atoms with Crippen LogP contribution in [0.4, 0.5) is 0 Å². The molecule has 16 nitrogen and oxygen atoms in total. The van der Waals surface area contributed by atoms with Gasteiger partial charge in [0.1, 0.15) is 59.3 Å². The molecule has 0 saturated carbocycles. The zero-order valence-corrected chi connectivity index (χ0v) is 75.3. The first-order valence-corrected chi connectivity index (χ1v) is 47.6. The molecule has 0 fully saturated rings. The maximum Gasteiger partial charge on any atom is 0.339 e. The Morgan fingerprint density at radius 1 is 0.168 bits per heavy atom. The molecular formula is C115H118O16. The molecule has 0 radical (unpaired) electrons. The third-order valence-electron chi connectivity index (χ3n) is 26.7. The molecule has 0 aromatic heterocycles. The Bertz CT molecular complexity index is 5600. The highest BCUT2D eigenvalue weighted by atomic mass is 16.6. The minimum Gasteiger partial charge on any atom is -0.460 e. The molecule has 11 aromatic carbocycles. The number of hydrogen-bond donors (Lipinski definition) is 0. The zero-order chi connectivity index (χ0) is 90.0. The van der Waals surface area contributed by atoms with Gasteiger partial charge in [0.2, 0.25) is 0 Å². The van der Waals surface area contributed by atoms with E-state index in [1.165, 1.54) is 192 Å². The number of hydrogen-bond acceptors (Lipinski definition) is 16. The van der Waals surface area contributed by atoms with Crippen molar-refractivity contribution >= 4 is 47.8 Å². The number of carbonyl (C=O) groups is 8. The van der Waals surface area contributed by atoms with Crippen molar-refractivity contribution in [1.29, 1.82) is 0 Å². The molecule has 16 heteroatoms. The number of esters is 8. The highest BCUT2D eigenvalue weighted by Gasteiger charge is 2.25. The van der Waals surface area contributed by atoms with Crippen LogP contribution in [0, 0.1) is 0 Å². The van der Waals surface area contributed by atoms with E-state index in [4.69, 9.17) is 37.9 Å². The number of rotatable bonds is 24. The lowest BCUT2D eigenvalue weighted by Crippen LogP contribution is -2.14. The molecule has 0 N–H and O–H groups in total. The number of benzene rings is 11. The molecule has 0 heterocycles. The van der Waals surface area contributed by atoms with Crippen LogP contribution in [0.5, 0.6) is 0 Å². The van der Waals surface area contributed by atoms with Gasteiger partial charge in [-0.1, -0.05) is 164 Å². The molecule has 0 aliphatic heterocycles. The Morgan fingerprint density at radius 2 is 0.351 bits per heavy atom. The standard InChI is InChI=1S/3C30H30O4.C25H28O4/c31-29(33-19-21-13-15-23-7-1-3-9-25(23)17-21)27-11-5-6-12-28(27)30(32)34-20-22-14-16-24-8-2-4-10-26(24)18-22;31-29(33-19-21-12-14-23-6-1-3-8-25(23)16-21)27-10-5-11-28(18-27)30(32)34-20-22-13-15-24-7-2-4-9-26(24)17-22;31-29(33-19-21-9-11-23-5-1-3-7-27(23)17-21)25-13-15-26(16-14-25)30(32)34-20-22-10-12-24-6-2-4-8-28(24)18-22;26-24(28-16-18-9-11-20-5-1-3-7-22(20)13-18)15-25(27)29-17-19-10-12-21-6-2-4-8-23(21)14-19/h5-6,11-18H,1-4,7-10,19-20H2;5,10-18H,1-4,6-9,19-20H2;9-18H,1-8,19-20H2;9-14H,1-8,15-17H2. The Kier molecular flexibility index (Phi) is 31.9. The van der Waals surface area contributed by atoms with Crippen LogP contribution in [0.1, 0.15) is 305 Å². The van der Waals surface area contributed by atoms with Crippen LogP contribution in [0.3, 0.4) is 0 Å². The first-order chi connectivity index (χ1) is 64.1. The van der Waals surface area contributed by atoms with Crippen LogP contribution in [0.15, 0.2) is 218 Å². The van der Waals surface area contributed by atoms with Gasteiger partial charge in [0.15, 0.2) is 0 Å². The summed E-state index contributed by atoms with van der Waals surface area (Å²) in [5.74, 6) is -3.79. The lowest BCUT2D eigenvalue weighted by atomic mass is 9.90. The molecule has 0 spiro atoms. The molecule has 674 valence electrons.